The lowest BCUT2D eigenvalue weighted by Gasteiger charge is -2.10. The van der Waals surface area contributed by atoms with Crippen LogP contribution in [0.25, 0.3) is 0 Å². The first-order chi connectivity index (χ1) is 13.1. The molecule has 0 unspecified atom stereocenters. The van der Waals surface area contributed by atoms with Gasteiger partial charge in [0.25, 0.3) is 0 Å². The summed E-state index contributed by atoms with van der Waals surface area (Å²) in [6.45, 7) is 0. The first-order valence-corrected chi connectivity index (χ1v) is 9.10. The van der Waals surface area contributed by atoms with Crippen molar-refractivity contribution in [3.05, 3.63) is 48.5 Å². The van der Waals surface area contributed by atoms with Gasteiger partial charge in [-0.3, -0.25) is 9.59 Å². The average molecular weight is 385 g/mol. The maximum atomic E-state index is 12.3. The highest BCUT2D eigenvalue weighted by Crippen LogP contribution is 2.28. The van der Waals surface area contributed by atoms with Gasteiger partial charge in [-0.25, -0.2) is 4.99 Å². The summed E-state index contributed by atoms with van der Waals surface area (Å²) < 4.78 is 10.4. The van der Waals surface area contributed by atoms with Gasteiger partial charge in [0.2, 0.25) is 11.8 Å². The first kappa shape index (κ1) is 18.8. The standard InChI is InChI=1S/C19H19N3O4S/c1-25-13-7-5-6-12(10-13)20-19-22-18(24)16(27-19)11-17(23)21-14-8-3-4-9-15(14)26-2/h3-10,16H,11H2,1-2H3,(H,21,23)(H,20,22,24)/t16-/m0/s1. The van der Waals surface area contributed by atoms with E-state index in [1.54, 1.807) is 31.4 Å². The van der Waals surface area contributed by atoms with Crippen molar-refractivity contribution >= 4 is 40.1 Å². The second kappa shape index (κ2) is 8.59. The minimum atomic E-state index is -0.538. The maximum absolute atomic E-state index is 12.3. The number of para-hydroxylation sites is 2. The number of ether oxygens (including phenoxy) is 2. The van der Waals surface area contributed by atoms with Crippen molar-refractivity contribution in [2.24, 2.45) is 4.99 Å². The van der Waals surface area contributed by atoms with Crippen LogP contribution in [0.15, 0.2) is 53.5 Å². The molecule has 0 aliphatic carbocycles. The predicted octanol–water partition coefficient (Wildman–Crippen LogP) is 2.95. The van der Waals surface area contributed by atoms with E-state index in [1.807, 2.05) is 24.3 Å². The molecule has 0 aromatic heterocycles. The molecule has 27 heavy (non-hydrogen) atoms. The molecule has 1 aliphatic heterocycles. The third-order valence-corrected chi connectivity index (χ3v) is 4.89. The molecule has 140 valence electrons. The van der Waals surface area contributed by atoms with Crippen LogP contribution in [0.2, 0.25) is 0 Å². The lowest BCUT2D eigenvalue weighted by Crippen LogP contribution is -2.28. The van der Waals surface area contributed by atoms with Gasteiger partial charge < -0.3 is 20.1 Å². The highest BCUT2D eigenvalue weighted by atomic mass is 32.2. The molecular weight excluding hydrogens is 366 g/mol. The van der Waals surface area contributed by atoms with Crippen LogP contribution < -0.4 is 20.1 Å². The number of carbonyl (C=O) groups excluding carboxylic acids is 2. The molecule has 1 aliphatic rings. The molecule has 0 radical (unpaired) electrons. The van der Waals surface area contributed by atoms with E-state index in [2.05, 4.69) is 15.6 Å². The zero-order valence-electron chi connectivity index (χ0n) is 14.9. The zero-order valence-corrected chi connectivity index (χ0v) is 15.7. The molecule has 1 saturated heterocycles. The predicted molar refractivity (Wildman–Crippen MR) is 106 cm³/mol. The molecule has 2 aromatic carbocycles. The van der Waals surface area contributed by atoms with Crippen LogP contribution in [0.4, 0.5) is 11.4 Å². The van der Waals surface area contributed by atoms with Crippen molar-refractivity contribution in [2.45, 2.75) is 11.7 Å². The number of hydrogen-bond donors (Lipinski definition) is 2. The molecule has 1 heterocycles. The summed E-state index contributed by atoms with van der Waals surface area (Å²) in [5.74, 6) is 0.736. The number of rotatable bonds is 6. The SMILES string of the molecule is COc1cccc(N=C2NC(=O)[C@H](CC(=O)Nc3ccccc3OC)S2)c1. The Bertz CT molecular complexity index is 885. The van der Waals surface area contributed by atoms with Gasteiger partial charge in [0.05, 0.1) is 25.6 Å². The Balaban J connectivity index is 1.63. The summed E-state index contributed by atoms with van der Waals surface area (Å²) in [7, 11) is 3.11. The molecular formula is C19H19N3O4S. The number of methoxy groups -OCH3 is 2. The fourth-order valence-corrected chi connectivity index (χ4v) is 3.49. The quantitative estimate of drug-likeness (QED) is 0.798. The largest absolute Gasteiger partial charge is 0.497 e. The second-order valence-corrected chi connectivity index (χ2v) is 6.86. The van der Waals surface area contributed by atoms with E-state index in [4.69, 9.17) is 9.47 Å². The van der Waals surface area contributed by atoms with Crippen LogP contribution in [0.3, 0.4) is 0 Å². The maximum Gasteiger partial charge on any atom is 0.240 e. The van der Waals surface area contributed by atoms with Crippen LogP contribution in [-0.2, 0) is 9.59 Å². The number of carbonyl (C=O) groups is 2. The number of anilines is 1. The Morgan fingerprint density at radius 2 is 2.00 bits per heavy atom. The molecule has 0 bridgehead atoms. The average Bonchev–Trinajstić information content (AvgIpc) is 3.01. The summed E-state index contributed by atoms with van der Waals surface area (Å²) >= 11 is 1.23. The fraction of sp³-hybridized carbons (Fsp3) is 0.211. The number of thioether (sulfide) groups is 1. The van der Waals surface area contributed by atoms with Gasteiger partial charge in [-0.2, -0.15) is 0 Å². The molecule has 3 rings (SSSR count). The third-order valence-electron chi connectivity index (χ3n) is 3.81. The van der Waals surface area contributed by atoms with Crippen molar-refractivity contribution in [2.75, 3.05) is 19.5 Å². The van der Waals surface area contributed by atoms with Gasteiger partial charge in [0.15, 0.2) is 5.17 Å². The van der Waals surface area contributed by atoms with Crippen LogP contribution >= 0.6 is 11.8 Å². The molecule has 1 fully saturated rings. The van der Waals surface area contributed by atoms with E-state index < -0.39 is 5.25 Å². The van der Waals surface area contributed by atoms with Gasteiger partial charge in [-0.15, -0.1) is 0 Å². The Labute approximate surface area is 161 Å². The fourth-order valence-electron chi connectivity index (χ4n) is 2.51. The van der Waals surface area contributed by atoms with Crippen molar-refractivity contribution in [3.63, 3.8) is 0 Å². The zero-order chi connectivity index (χ0) is 19.2. The van der Waals surface area contributed by atoms with Crippen LogP contribution in [0, 0.1) is 0 Å². The van der Waals surface area contributed by atoms with Crippen LogP contribution in [0.5, 0.6) is 11.5 Å². The van der Waals surface area contributed by atoms with Gasteiger partial charge >= 0.3 is 0 Å². The Kier molecular flexibility index (Phi) is 5.97. The highest BCUT2D eigenvalue weighted by Gasteiger charge is 2.32. The van der Waals surface area contributed by atoms with E-state index in [0.29, 0.717) is 28.0 Å². The molecule has 0 saturated carbocycles. The third kappa shape index (κ3) is 4.79. The monoisotopic (exact) mass is 385 g/mol. The lowest BCUT2D eigenvalue weighted by atomic mass is 10.2. The second-order valence-electron chi connectivity index (χ2n) is 5.67. The van der Waals surface area contributed by atoms with E-state index in [9.17, 15) is 9.59 Å². The Morgan fingerprint density at radius 1 is 1.19 bits per heavy atom. The Morgan fingerprint density at radius 3 is 2.78 bits per heavy atom. The first-order valence-electron chi connectivity index (χ1n) is 8.22. The molecule has 1 atom stereocenters. The minimum absolute atomic E-state index is 0.0334. The van der Waals surface area contributed by atoms with Gasteiger partial charge in [-0.05, 0) is 24.3 Å². The smallest absolute Gasteiger partial charge is 0.240 e. The summed E-state index contributed by atoms with van der Waals surface area (Å²) in [4.78, 5) is 28.9. The molecule has 2 amide bonds. The number of aliphatic imine (C=N–C) groups is 1. The van der Waals surface area contributed by atoms with Crippen molar-refractivity contribution in [1.82, 2.24) is 5.32 Å². The Hall–Kier alpha value is -3.00. The molecule has 8 heteroatoms. The summed E-state index contributed by atoms with van der Waals surface area (Å²) in [5.41, 5.74) is 1.23. The van der Waals surface area contributed by atoms with E-state index in [1.165, 1.54) is 18.9 Å². The van der Waals surface area contributed by atoms with Crippen molar-refractivity contribution in [3.8, 4) is 11.5 Å². The molecule has 2 N–H and O–H groups in total. The van der Waals surface area contributed by atoms with Crippen LogP contribution in [-0.4, -0.2) is 36.5 Å². The number of amides is 2. The summed E-state index contributed by atoms with van der Waals surface area (Å²) in [6.07, 6.45) is 0.0334. The normalized spacial score (nSPS) is 17.5. The number of nitrogens with zero attached hydrogens (tertiary/aromatic N) is 1. The highest BCUT2D eigenvalue weighted by molar-refractivity contribution is 8.15. The van der Waals surface area contributed by atoms with Crippen LogP contribution in [0.1, 0.15) is 6.42 Å². The lowest BCUT2D eigenvalue weighted by molar-refractivity contribution is -0.122. The van der Waals surface area contributed by atoms with Gasteiger partial charge in [0, 0.05) is 12.5 Å². The van der Waals surface area contributed by atoms with Gasteiger partial charge in [0.1, 0.15) is 16.7 Å². The minimum Gasteiger partial charge on any atom is -0.497 e. The molecule has 2 aromatic rings. The molecule has 0 spiro atoms. The summed E-state index contributed by atoms with van der Waals surface area (Å²) in [6, 6.07) is 14.3. The number of nitrogens with one attached hydrogen (secondary N) is 2. The van der Waals surface area contributed by atoms with E-state index >= 15 is 0 Å². The number of hydrogen-bond acceptors (Lipinski definition) is 6. The topological polar surface area (TPSA) is 89.0 Å². The number of benzene rings is 2. The number of amidine groups is 1. The summed E-state index contributed by atoms with van der Waals surface area (Å²) in [5, 5.41) is 5.41. The van der Waals surface area contributed by atoms with Gasteiger partial charge in [-0.1, -0.05) is 30.0 Å². The van der Waals surface area contributed by atoms with Crippen molar-refractivity contribution < 1.29 is 19.1 Å². The van der Waals surface area contributed by atoms with E-state index in [-0.39, 0.29) is 18.2 Å². The van der Waals surface area contributed by atoms with Crippen molar-refractivity contribution in [1.29, 1.82) is 0 Å². The molecule has 7 nitrogen and oxygen atoms in total. The van der Waals surface area contributed by atoms with E-state index in [0.717, 1.165) is 0 Å².